The number of anilines is 1. The van der Waals surface area contributed by atoms with Crippen LogP contribution in [0.1, 0.15) is 15.9 Å². The summed E-state index contributed by atoms with van der Waals surface area (Å²) in [5, 5.41) is 7.80. The molecule has 0 fully saturated rings. The van der Waals surface area contributed by atoms with Crippen molar-refractivity contribution in [3.05, 3.63) is 88.4 Å². The van der Waals surface area contributed by atoms with Gasteiger partial charge in [-0.25, -0.2) is 4.98 Å². The van der Waals surface area contributed by atoms with Crippen molar-refractivity contribution in [3.8, 4) is 17.2 Å². The normalized spacial score (nSPS) is 10.9. The maximum atomic E-state index is 13.1. The van der Waals surface area contributed by atoms with Crippen LogP contribution in [0.2, 0.25) is 0 Å². The number of thiocarbonyl (C=S) groups is 1. The van der Waals surface area contributed by atoms with Gasteiger partial charge < -0.3 is 14.5 Å². The molecule has 0 bridgehead atoms. The molecule has 1 aromatic heterocycles. The molecule has 0 atom stereocenters. The summed E-state index contributed by atoms with van der Waals surface area (Å²) in [5.74, 6) is 0.618. The Kier molecular flexibility index (Phi) is 6.23. The number of carbonyl (C=O) groups is 1. The Bertz CT molecular complexity index is 1610. The molecular weight excluding hydrogens is 526 g/mol. The average Bonchev–Trinajstić information content (AvgIpc) is 3.27. The SMILES string of the molecule is COc1c(C(=O)NC(=S)Nc2ccc3oc(-c4ccccc4C)nc3c2)cc2ccccc2c1Br. The van der Waals surface area contributed by atoms with E-state index in [0.29, 0.717) is 38.5 Å². The zero-order valence-corrected chi connectivity index (χ0v) is 21.3. The monoisotopic (exact) mass is 545 g/mol. The number of hydrogen-bond acceptors (Lipinski definition) is 5. The lowest BCUT2D eigenvalue weighted by molar-refractivity contribution is 0.0975. The molecule has 0 aliphatic rings. The van der Waals surface area contributed by atoms with Crippen LogP contribution in [0.15, 0.2) is 81.7 Å². The minimum atomic E-state index is -0.379. The molecule has 4 aromatic carbocycles. The number of aromatic nitrogens is 1. The Hall–Kier alpha value is -3.75. The van der Waals surface area contributed by atoms with E-state index < -0.39 is 0 Å². The lowest BCUT2D eigenvalue weighted by Gasteiger charge is -2.14. The molecule has 1 amide bonds. The zero-order chi connectivity index (χ0) is 24.5. The molecule has 6 nitrogen and oxygen atoms in total. The molecule has 5 aromatic rings. The van der Waals surface area contributed by atoms with E-state index in [1.54, 1.807) is 6.07 Å². The summed E-state index contributed by atoms with van der Waals surface area (Å²) >= 11 is 8.96. The van der Waals surface area contributed by atoms with Gasteiger partial charge in [0.1, 0.15) is 11.3 Å². The fourth-order valence-corrected chi connectivity index (χ4v) is 4.87. The highest BCUT2D eigenvalue weighted by Gasteiger charge is 2.19. The number of rotatable bonds is 4. The summed E-state index contributed by atoms with van der Waals surface area (Å²) in [6.45, 7) is 2.02. The van der Waals surface area contributed by atoms with Crippen molar-refractivity contribution < 1.29 is 13.9 Å². The molecule has 0 saturated carbocycles. The molecule has 8 heteroatoms. The first-order chi connectivity index (χ1) is 16.9. The van der Waals surface area contributed by atoms with Crippen molar-refractivity contribution in [2.24, 2.45) is 0 Å². The van der Waals surface area contributed by atoms with Crippen LogP contribution in [-0.2, 0) is 0 Å². The first-order valence-corrected chi connectivity index (χ1v) is 12.0. The predicted octanol–water partition coefficient (Wildman–Crippen LogP) is 6.85. The van der Waals surface area contributed by atoms with Gasteiger partial charge in [-0.15, -0.1) is 0 Å². The van der Waals surface area contributed by atoms with Gasteiger partial charge in [0.25, 0.3) is 5.91 Å². The number of benzene rings is 4. The number of nitrogens with one attached hydrogen (secondary N) is 2. The molecule has 174 valence electrons. The number of amides is 1. The number of nitrogens with zero attached hydrogens (tertiary/aromatic N) is 1. The van der Waals surface area contributed by atoms with Crippen molar-refractivity contribution in [2.45, 2.75) is 6.92 Å². The second-order valence-electron chi connectivity index (χ2n) is 7.92. The quantitative estimate of drug-likeness (QED) is 0.240. The van der Waals surface area contributed by atoms with Crippen molar-refractivity contribution in [2.75, 3.05) is 12.4 Å². The van der Waals surface area contributed by atoms with E-state index in [1.807, 2.05) is 73.7 Å². The number of aryl methyl sites for hydroxylation is 1. The summed E-state index contributed by atoms with van der Waals surface area (Å²) in [7, 11) is 1.53. The molecule has 0 saturated heterocycles. The number of fused-ring (bicyclic) bond motifs is 2. The average molecular weight is 546 g/mol. The molecule has 2 N–H and O–H groups in total. The van der Waals surface area contributed by atoms with Gasteiger partial charge in [-0.1, -0.05) is 42.5 Å². The topological polar surface area (TPSA) is 76.4 Å². The summed E-state index contributed by atoms with van der Waals surface area (Å²) in [4.78, 5) is 17.7. The zero-order valence-electron chi connectivity index (χ0n) is 18.9. The highest BCUT2D eigenvalue weighted by Crippen LogP contribution is 2.36. The summed E-state index contributed by atoms with van der Waals surface area (Å²) < 4.78 is 12.2. The Morgan fingerprint density at radius 2 is 1.83 bits per heavy atom. The fraction of sp³-hybridized carbons (Fsp3) is 0.0741. The van der Waals surface area contributed by atoms with Crippen molar-refractivity contribution >= 4 is 66.7 Å². The van der Waals surface area contributed by atoms with Crippen LogP contribution in [-0.4, -0.2) is 23.1 Å². The van der Waals surface area contributed by atoms with Gasteiger partial charge in [0.15, 0.2) is 10.7 Å². The van der Waals surface area contributed by atoms with Crippen LogP contribution in [0.3, 0.4) is 0 Å². The van der Waals surface area contributed by atoms with Gasteiger partial charge in [-0.2, -0.15) is 0 Å². The Balaban J connectivity index is 1.36. The summed E-state index contributed by atoms with van der Waals surface area (Å²) in [6.07, 6.45) is 0. The highest BCUT2D eigenvalue weighted by molar-refractivity contribution is 9.10. The minimum absolute atomic E-state index is 0.156. The van der Waals surface area contributed by atoms with Crippen molar-refractivity contribution in [1.82, 2.24) is 10.3 Å². The molecule has 0 radical (unpaired) electrons. The van der Waals surface area contributed by atoms with E-state index in [-0.39, 0.29) is 11.0 Å². The second kappa shape index (κ2) is 9.48. The van der Waals surface area contributed by atoms with E-state index in [9.17, 15) is 4.79 Å². The van der Waals surface area contributed by atoms with Crippen LogP contribution in [0.25, 0.3) is 33.3 Å². The van der Waals surface area contributed by atoms with Gasteiger partial charge in [0.2, 0.25) is 5.89 Å². The number of oxazole rings is 1. The number of methoxy groups -OCH3 is 1. The van der Waals surface area contributed by atoms with Crippen LogP contribution in [0.5, 0.6) is 5.75 Å². The molecule has 0 spiro atoms. The fourth-order valence-electron chi connectivity index (χ4n) is 3.92. The predicted molar refractivity (Wildman–Crippen MR) is 146 cm³/mol. The molecule has 0 unspecified atom stereocenters. The third-order valence-electron chi connectivity index (χ3n) is 5.64. The lowest BCUT2D eigenvalue weighted by atomic mass is 10.1. The third-order valence-corrected chi connectivity index (χ3v) is 6.63. The van der Waals surface area contributed by atoms with Crippen LogP contribution in [0.4, 0.5) is 5.69 Å². The van der Waals surface area contributed by atoms with E-state index in [1.165, 1.54) is 7.11 Å². The number of ether oxygens (including phenoxy) is 1. The maximum absolute atomic E-state index is 13.1. The highest BCUT2D eigenvalue weighted by atomic mass is 79.9. The van der Waals surface area contributed by atoms with Gasteiger partial charge in [0.05, 0.1) is 17.1 Å². The summed E-state index contributed by atoms with van der Waals surface area (Å²) in [5.41, 5.74) is 4.42. The van der Waals surface area contributed by atoms with Gasteiger partial charge in [-0.05, 0) is 81.7 Å². The Morgan fingerprint density at radius 1 is 1.06 bits per heavy atom. The molecule has 0 aliphatic heterocycles. The van der Waals surface area contributed by atoms with Crippen LogP contribution >= 0.6 is 28.1 Å². The van der Waals surface area contributed by atoms with Gasteiger partial charge >= 0.3 is 0 Å². The number of hydrogen-bond donors (Lipinski definition) is 2. The van der Waals surface area contributed by atoms with E-state index >= 15 is 0 Å². The number of halogens is 1. The standard InChI is InChI=1S/C27H20BrN3O3S/c1-15-7-3-5-9-18(15)26-30-21-14-17(11-12-22(21)34-26)29-27(35)31-25(32)20-13-16-8-4-6-10-19(16)23(28)24(20)33-2/h3-14H,1-2H3,(H2,29,31,32,35). The second-order valence-corrected chi connectivity index (χ2v) is 9.12. The first-order valence-electron chi connectivity index (χ1n) is 10.8. The van der Waals surface area contributed by atoms with Crippen molar-refractivity contribution in [3.63, 3.8) is 0 Å². The molecule has 5 rings (SSSR count). The molecule has 35 heavy (non-hydrogen) atoms. The van der Waals surface area contributed by atoms with E-state index in [4.69, 9.17) is 21.4 Å². The third kappa shape index (κ3) is 4.50. The van der Waals surface area contributed by atoms with E-state index in [2.05, 4.69) is 31.5 Å². The summed E-state index contributed by atoms with van der Waals surface area (Å²) in [6, 6.07) is 22.9. The molecule has 0 aliphatic carbocycles. The Morgan fingerprint density at radius 3 is 2.63 bits per heavy atom. The first kappa shape index (κ1) is 23.0. The van der Waals surface area contributed by atoms with Crippen LogP contribution < -0.4 is 15.4 Å². The smallest absolute Gasteiger partial charge is 0.261 e. The van der Waals surface area contributed by atoms with Gasteiger partial charge in [-0.3, -0.25) is 10.1 Å². The van der Waals surface area contributed by atoms with Gasteiger partial charge in [0, 0.05) is 11.3 Å². The van der Waals surface area contributed by atoms with Crippen molar-refractivity contribution in [1.29, 1.82) is 0 Å². The lowest BCUT2D eigenvalue weighted by Crippen LogP contribution is -2.34. The Labute approximate surface area is 215 Å². The number of carbonyl (C=O) groups excluding carboxylic acids is 1. The van der Waals surface area contributed by atoms with E-state index in [0.717, 1.165) is 21.9 Å². The minimum Gasteiger partial charge on any atom is -0.495 e. The molecule has 1 heterocycles. The molecular formula is C27H20BrN3O3S. The van der Waals surface area contributed by atoms with Crippen LogP contribution in [0, 0.1) is 6.92 Å². The largest absolute Gasteiger partial charge is 0.495 e. The maximum Gasteiger partial charge on any atom is 0.261 e.